The number of aliphatic hydroxyl groups excluding tert-OH is 1. The first-order chi connectivity index (χ1) is 6.13. The van der Waals surface area contributed by atoms with E-state index in [9.17, 15) is 9.90 Å². The standard InChI is InChI=1S/C9H17NO3/c1-7(5-9(12)13-2)10-4-3-8(11)6-10/h7-8,11H,3-6H2,1-2H3. The molecule has 0 aromatic carbocycles. The summed E-state index contributed by atoms with van der Waals surface area (Å²) in [6.45, 7) is 3.53. The number of esters is 1. The van der Waals surface area contributed by atoms with Crippen molar-refractivity contribution in [1.29, 1.82) is 0 Å². The normalized spacial score (nSPS) is 25.9. The van der Waals surface area contributed by atoms with E-state index in [0.29, 0.717) is 13.0 Å². The molecule has 4 heteroatoms. The summed E-state index contributed by atoms with van der Waals surface area (Å²) < 4.78 is 4.58. The van der Waals surface area contributed by atoms with Crippen molar-refractivity contribution in [2.75, 3.05) is 20.2 Å². The van der Waals surface area contributed by atoms with Gasteiger partial charge in [0.25, 0.3) is 0 Å². The summed E-state index contributed by atoms with van der Waals surface area (Å²) >= 11 is 0. The minimum atomic E-state index is -0.222. The predicted octanol–water partition coefficient (Wildman–Crippen LogP) is 0.00460. The third kappa shape index (κ3) is 2.97. The van der Waals surface area contributed by atoms with Crippen molar-refractivity contribution in [1.82, 2.24) is 4.90 Å². The van der Waals surface area contributed by atoms with Crippen LogP contribution in [0.1, 0.15) is 19.8 Å². The summed E-state index contributed by atoms with van der Waals surface area (Å²) in [7, 11) is 1.40. The Balaban J connectivity index is 2.31. The maximum absolute atomic E-state index is 10.9. The van der Waals surface area contributed by atoms with Crippen molar-refractivity contribution in [3.8, 4) is 0 Å². The maximum atomic E-state index is 10.9. The van der Waals surface area contributed by atoms with Crippen molar-refractivity contribution in [3.05, 3.63) is 0 Å². The SMILES string of the molecule is COC(=O)CC(C)N1CCC(O)C1. The number of carbonyl (C=O) groups is 1. The van der Waals surface area contributed by atoms with Crippen molar-refractivity contribution in [2.45, 2.75) is 31.9 Å². The Morgan fingerprint density at radius 1 is 1.77 bits per heavy atom. The Bertz CT molecular complexity index is 184. The molecule has 0 aliphatic carbocycles. The molecule has 0 bridgehead atoms. The number of hydrogen-bond donors (Lipinski definition) is 1. The number of methoxy groups -OCH3 is 1. The molecule has 13 heavy (non-hydrogen) atoms. The average Bonchev–Trinajstić information content (AvgIpc) is 2.51. The number of rotatable bonds is 3. The van der Waals surface area contributed by atoms with Crippen LogP contribution in [0.2, 0.25) is 0 Å². The highest BCUT2D eigenvalue weighted by atomic mass is 16.5. The fourth-order valence-electron chi connectivity index (χ4n) is 1.62. The minimum absolute atomic E-state index is 0.171. The summed E-state index contributed by atoms with van der Waals surface area (Å²) in [5, 5.41) is 9.28. The molecule has 1 aliphatic heterocycles. The lowest BCUT2D eigenvalue weighted by atomic mass is 10.2. The highest BCUT2D eigenvalue weighted by molar-refractivity contribution is 5.69. The van der Waals surface area contributed by atoms with Gasteiger partial charge in [0.2, 0.25) is 0 Å². The first-order valence-corrected chi connectivity index (χ1v) is 4.62. The van der Waals surface area contributed by atoms with Crippen LogP contribution in [-0.4, -0.2) is 48.3 Å². The molecule has 4 nitrogen and oxygen atoms in total. The number of likely N-dealkylation sites (tertiary alicyclic amines) is 1. The summed E-state index contributed by atoms with van der Waals surface area (Å²) in [6, 6.07) is 0.171. The molecule has 2 atom stereocenters. The van der Waals surface area contributed by atoms with Crippen LogP contribution in [-0.2, 0) is 9.53 Å². The molecule has 0 radical (unpaired) electrons. The zero-order chi connectivity index (χ0) is 9.84. The van der Waals surface area contributed by atoms with Crippen LogP contribution in [0.4, 0.5) is 0 Å². The monoisotopic (exact) mass is 187 g/mol. The Morgan fingerprint density at radius 3 is 2.92 bits per heavy atom. The predicted molar refractivity (Wildman–Crippen MR) is 48.3 cm³/mol. The lowest BCUT2D eigenvalue weighted by Gasteiger charge is -2.22. The minimum Gasteiger partial charge on any atom is -0.469 e. The molecule has 2 unspecified atom stereocenters. The van der Waals surface area contributed by atoms with Crippen LogP contribution in [0, 0.1) is 0 Å². The van der Waals surface area contributed by atoms with Gasteiger partial charge in [-0.1, -0.05) is 0 Å². The first-order valence-electron chi connectivity index (χ1n) is 4.62. The van der Waals surface area contributed by atoms with Gasteiger partial charge in [0.05, 0.1) is 19.6 Å². The Hall–Kier alpha value is -0.610. The quantitative estimate of drug-likeness (QED) is 0.632. The van der Waals surface area contributed by atoms with E-state index in [1.54, 1.807) is 0 Å². The molecule has 1 heterocycles. The number of aliphatic hydroxyl groups is 1. The molecular weight excluding hydrogens is 170 g/mol. The van der Waals surface area contributed by atoms with Gasteiger partial charge in [0, 0.05) is 19.1 Å². The van der Waals surface area contributed by atoms with Gasteiger partial charge < -0.3 is 9.84 Å². The lowest BCUT2D eigenvalue weighted by molar-refractivity contribution is -0.141. The molecular formula is C9H17NO3. The van der Waals surface area contributed by atoms with Gasteiger partial charge in [-0.3, -0.25) is 9.69 Å². The van der Waals surface area contributed by atoms with Crippen LogP contribution in [0.15, 0.2) is 0 Å². The van der Waals surface area contributed by atoms with Crippen LogP contribution < -0.4 is 0 Å². The molecule has 1 saturated heterocycles. The number of β-amino-alcohol motifs (C(OH)–C–C–N with tert-alkyl or cyclic N) is 1. The zero-order valence-electron chi connectivity index (χ0n) is 8.19. The van der Waals surface area contributed by atoms with Gasteiger partial charge in [0.15, 0.2) is 0 Å². The number of ether oxygens (including phenoxy) is 1. The largest absolute Gasteiger partial charge is 0.469 e. The second kappa shape index (κ2) is 4.58. The molecule has 0 aromatic rings. The fraction of sp³-hybridized carbons (Fsp3) is 0.889. The smallest absolute Gasteiger partial charge is 0.307 e. The van der Waals surface area contributed by atoms with Gasteiger partial charge in [-0.25, -0.2) is 0 Å². The van der Waals surface area contributed by atoms with E-state index in [-0.39, 0.29) is 18.1 Å². The molecule has 1 rings (SSSR count). The van der Waals surface area contributed by atoms with Crippen LogP contribution in [0.5, 0.6) is 0 Å². The van der Waals surface area contributed by atoms with Crippen LogP contribution in [0.25, 0.3) is 0 Å². The molecule has 1 fully saturated rings. The molecule has 0 saturated carbocycles. The van der Waals surface area contributed by atoms with Crippen molar-refractivity contribution in [3.63, 3.8) is 0 Å². The van der Waals surface area contributed by atoms with Gasteiger partial charge in [-0.2, -0.15) is 0 Å². The summed E-state index contributed by atoms with van der Waals surface area (Å²) in [5.74, 6) is -0.186. The van der Waals surface area contributed by atoms with Crippen LogP contribution in [0.3, 0.4) is 0 Å². The van der Waals surface area contributed by atoms with Crippen molar-refractivity contribution in [2.24, 2.45) is 0 Å². The zero-order valence-corrected chi connectivity index (χ0v) is 8.19. The topological polar surface area (TPSA) is 49.8 Å². The molecule has 0 amide bonds. The Kier molecular flexibility index (Phi) is 3.69. The summed E-state index contributed by atoms with van der Waals surface area (Å²) in [4.78, 5) is 13.1. The van der Waals surface area contributed by atoms with Gasteiger partial charge in [0.1, 0.15) is 0 Å². The molecule has 1 aliphatic rings. The van der Waals surface area contributed by atoms with E-state index in [0.717, 1.165) is 13.0 Å². The van der Waals surface area contributed by atoms with Crippen molar-refractivity contribution < 1.29 is 14.6 Å². The molecule has 0 spiro atoms. The van der Waals surface area contributed by atoms with E-state index in [1.807, 2.05) is 6.92 Å². The Labute approximate surface area is 78.5 Å². The first kappa shape index (κ1) is 10.5. The number of carbonyl (C=O) groups excluding carboxylic acids is 1. The van der Waals surface area contributed by atoms with E-state index in [4.69, 9.17) is 0 Å². The highest BCUT2D eigenvalue weighted by Crippen LogP contribution is 2.14. The maximum Gasteiger partial charge on any atom is 0.307 e. The van der Waals surface area contributed by atoms with Gasteiger partial charge in [-0.05, 0) is 13.3 Å². The second-order valence-electron chi connectivity index (χ2n) is 3.57. The third-order valence-electron chi connectivity index (χ3n) is 2.51. The van der Waals surface area contributed by atoms with Crippen molar-refractivity contribution >= 4 is 5.97 Å². The molecule has 1 N–H and O–H groups in total. The van der Waals surface area contributed by atoms with Gasteiger partial charge >= 0.3 is 5.97 Å². The summed E-state index contributed by atoms with van der Waals surface area (Å²) in [5.41, 5.74) is 0. The Morgan fingerprint density at radius 2 is 2.46 bits per heavy atom. The lowest BCUT2D eigenvalue weighted by Crippen LogP contribution is -2.33. The number of hydrogen-bond acceptors (Lipinski definition) is 4. The summed E-state index contributed by atoms with van der Waals surface area (Å²) in [6.07, 6.45) is 0.995. The van der Waals surface area contributed by atoms with Gasteiger partial charge in [-0.15, -0.1) is 0 Å². The van der Waals surface area contributed by atoms with Crippen LogP contribution >= 0.6 is 0 Å². The average molecular weight is 187 g/mol. The van der Waals surface area contributed by atoms with E-state index in [1.165, 1.54) is 7.11 Å². The van der Waals surface area contributed by atoms with E-state index in [2.05, 4.69) is 9.64 Å². The van der Waals surface area contributed by atoms with E-state index < -0.39 is 0 Å². The third-order valence-corrected chi connectivity index (χ3v) is 2.51. The fourth-order valence-corrected chi connectivity index (χ4v) is 1.62. The molecule has 0 aromatic heterocycles. The molecule has 76 valence electrons. The highest BCUT2D eigenvalue weighted by Gasteiger charge is 2.25. The number of nitrogens with zero attached hydrogens (tertiary/aromatic N) is 1. The van der Waals surface area contributed by atoms with E-state index >= 15 is 0 Å². The second-order valence-corrected chi connectivity index (χ2v) is 3.57.